The van der Waals surface area contributed by atoms with Crippen molar-refractivity contribution in [1.29, 1.82) is 0 Å². The summed E-state index contributed by atoms with van der Waals surface area (Å²) in [7, 11) is 0. The second kappa shape index (κ2) is 4.87. The Hall–Kier alpha value is -1.26. The van der Waals surface area contributed by atoms with Crippen molar-refractivity contribution in [3.8, 4) is 0 Å². The molecule has 1 saturated heterocycles. The smallest absolute Gasteiger partial charge is 0.248 e. The number of halogens is 2. The van der Waals surface area contributed by atoms with Crippen molar-refractivity contribution in [2.75, 3.05) is 18.0 Å². The maximum absolute atomic E-state index is 13.6. The molecule has 2 saturated carbocycles. The summed E-state index contributed by atoms with van der Waals surface area (Å²) in [5.74, 6) is -0.00138. The van der Waals surface area contributed by atoms with Gasteiger partial charge in [0.2, 0.25) is 5.92 Å². The van der Waals surface area contributed by atoms with E-state index in [1.165, 1.54) is 12.8 Å². The van der Waals surface area contributed by atoms with Crippen molar-refractivity contribution in [3.05, 3.63) is 17.6 Å². The lowest BCUT2D eigenvalue weighted by Gasteiger charge is -2.40. The number of rotatable bonds is 2. The van der Waals surface area contributed by atoms with Crippen LogP contribution in [0.4, 0.5) is 14.6 Å². The maximum Gasteiger partial charge on any atom is 0.248 e. The van der Waals surface area contributed by atoms with Gasteiger partial charge in [0.05, 0.1) is 0 Å². The third-order valence-corrected chi connectivity index (χ3v) is 5.64. The fourth-order valence-electron chi connectivity index (χ4n) is 4.14. The number of hydrogen-bond donors (Lipinski definition) is 0. The van der Waals surface area contributed by atoms with E-state index in [9.17, 15) is 8.78 Å². The number of hydrogen-bond acceptors (Lipinski definition) is 3. The third-order valence-electron chi connectivity index (χ3n) is 5.64. The minimum Gasteiger partial charge on any atom is -0.356 e. The van der Waals surface area contributed by atoms with Crippen molar-refractivity contribution < 1.29 is 8.78 Å². The van der Waals surface area contributed by atoms with Gasteiger partial charge in [-0.1, -0.05) is 0 Å². The summed E-state index contributed by atoms with van der Waals surface area (Å²) in [6, 6.07) is 2.12. The fourth-order valence-corrected chi connectivity index (χ4v) is 4.14. The molecule has 4 rings (SSSR count). The van der Waals surface area contributed by atoms with E-state index in [0.717, 1.165) is 43.3 Å². The maximum atomic E-state index is 13.6. The van der Waals surface area contributed by atoms with E-state index >= 15 is 0 Å². The summed E-state index contributed by atoms with van der Waals surface area (Å²) in [5, 5.41) is 0. The second-order valence-corrected chi connectivity index (χ2v) is 7.49. The average molecular weight is 307 g/mol. The van der Waals surface area contributed by atoms with Crippen molar-refractivity contribution in [2.24, 2.45) is 5.41 Å². The van der Waals surface area contributed by atoms with Gasteiger partial charge in [-0.05, 0) is 44.4 Å². The largest absolute Gasteiger partial charge is 0.356 e. The van der Waals surface area contributed by atoms with Gasteiger partial charge >= 0.3 is 0 Å². The third kappa shape index (κ3) is 2.70. The van der Waals surface area contributed by atoms with E-state index in [1.807, 2.05) is 6.92 Å². The van der Waals surface area contributed by atoms with Gasteiger partial charge in [-0.3, -0.25) is 0 Å². The molecule has 1 aromatic heterocycles. The Labute approximate surface area is 130 Å². The monoisotopic (exact) mass is 307 g/mol. The number of nitrogens with zero attached hydrogens (tertiary/aromatic N) is 3. The molecule has 2 heterocycles. The molecule has 3 aliphatic rings. The summed E-state index contributed by atoms with van der Waals surface area (Å²) >= 11 is 0. The Kier molecular flexibility index (Phi) is 3.17. The van der Waals surface area contributed by atoms with Crippen LogP contribution in [0.3, 0.4) is 0 Å². The highest BCUT2D eigenvalue weighted by atomic mass is 19.3. The van der Waals surface area contributed by atoms with Gasteiger partial charge in [-0.25, -0.2) is 18.7 Å². The second-order valence-electron chi connectivity index (χ2n) is 7.49. The van der Waals surface area contributed by atoms with Crippen LogP contribution in [0.1, 0.15) is 62.4 Å². The molecule has 0 amide bonds. The van der Waals surface area contributed by atoms with E-state index < -0.39 is 5.92 Å². The highest BCUT2D eigenvalue weighted by molar-refractivity contribution is 5.42. The van der Waals surface area contributed by atoms with Crippen molar-refractivity contribution in [1.82, 2.24) is 9.97 Å². The zero-order valence-electron chi connectivity index (χ0n) is 13.1. The van der Waals surface area contributed by atoms with Gasteiger partial charge in [0.15, 0.2) is 0 Å². The molecule has 1 aliphatic heterocycles. The van der Waals surface area contributed by atoms with Crippen LogP contribution in [-0.2, 0) is 0 Å². The molecule has 0 N–H and O–H groups in total. The molecule has 2 aliphatic carbocycles. The highest BCUT2D eigenvalue weighted by Crippen LogP contribution is 2.53. The van der Waals surface area contributed by atoms with E-state index in [0.29, 0.717) is 12.3 Å². The Morgan fingerprint density at radius 1 is 1.09 bits per heavy atom. The number of piperidine rings is 1. The SMILES string of the molecule is Cc1nc(C2CC2)cc(N2CCC3(CC2)CCC(F)(F)C3)n1. The normalized spacial score (nSPS) is 26.6. The molecular weight excluding hydrogens is 284 g/mol. The standard InChI is InChI=1S/C17H23F2N3/c1-12-20-14(13-2-3-13)10-15(21-12)22-8-6-16(7-9-22)4-5-17(18,19)11-16/h10,13H,2-9,11H2,1H3. The quantitative estimate of drug-likeness (QED) is 0.825. The first-order valence-corrected chi connectivity index (χ1v) is 8.43. The van der Waals surface area contributed by atoms with E-state index in [1.54, 1.807) is 0 Å². The van der Waals surface area contributed by atoms with E-state index in [4.69, 9.17) is 0 Å². The zero-order valence-corrected chi connectivity index (χ0v) is 13.1. The molecule has 0 atom stereocenters. The first kappa shape index (κ1) is 14.3. The zero-order chi connectivity index (χ0) is 15.4. The summed E-state index contributed by atoms with van der Waals surface area (Å²) < 4.78 is 27.1. The van der Waals surface area contributed by atoms with Crippen molar-refractivity contribution >= 4 is 5.82 Å². The molecule has 0 radical (unpaired) electrons. The van der Waals surface area contributed by atoms with Gasteiger partial charge in [-0.15, -0.1) is 0 Å². The van der Waals surface area contributed by atoms with Crippen LogP contribution >= 0.6 is 0 Å². The Bertz CT molecular complexity index is 575. The van der Waals surface area contributed by atoms with Crippen LogP contribution < -0.4 is 4.90 Å². The van der Waals surface area contributed by atoms with Crippen LogP contribution in [0.25, 0.3) is 0 Å². The molecule has 0 bridgehead atoms. The van der Waals surface area contributed by atoms with Crippen LogP contribution in [0.15, 0.2) is 6.07 Å². The van der Waals surface area contributed by atoms with E-state index in [2.05, 4.69) is 20.9 Å². The van der Waals surface area contributed by atoms with Gasteiger partial charge < -0.3 is 4.90 Å². The summed E-state index contributed by atoms with van der Waals surface area (Å²) in [5.41, 5.74) is 1.04. The van der Waals surface area contributed by atoms with Gasteiger partial charge in [0.1, 0.15) is 11.6 Å². The van der Waals surface area contributed by atoms with Crippen molar-refractivity contribution in [3.63, 3.8) is 0 Å². The van der Waals surface area contributed by atoms with Crippen LogP contribution in [0, 0.1) is 12.3 Å². The van der Waals surface area contributed by atoms with Gasteiger partial charge in [-0.2, -0.15) is 0 Å². The molecular formula is C17H23F2N3. The summed E-state index contributed by atoms with van der Waals surface area (Å²) in [4.78, 5) is 11.4. The lowest BCUT2D eigenvalue weighted by atomic mass is 9.77. The van der Waals surface area contributed by atoms with Gasteiger partial charge in [0, 0.05) is 43.6 Å². The van der Waals surface area contributed by atoms with E-state index in [-0.39, 0.29) is 18.3 Å². The van der Waals surface area contributed by atoms with Crippen LogP contribution in [0.5, 0.6) is 0 Å². The molecule has 0 aromatic carbocycles. The predicted molar refractivity (Wildman–Crippen MR) is 81.4 cm³/mol. The Morgan fingerprint density at radius 3 is 2.41 bits per heavy atom. The topological polar surface area (TPSA) is 29.0 Å². The molecule has 3 fully saturated rings. The highest BCUT2D eigenvalue weighted by Gasteiger charge is 2.50. The Balaban J connectivity index is 1.48. The lowest BCUT2D eigenvalue weighted by molar-refractivity contribution is -0.00682. The molecule has 5 heteroatoms. The number of aryl methyl sites for hydroxylation is 1. The minimum absolute atomic E-state index is 0.0748. The summed E-state index contributed by atoms with van der Waals surface area (Å²) in [6.45, 7) is 3.63. The lowest BCUT2D eigenvalue weighted by Crippen LogP contribution is -2.40. The van der Waals surface area contributed by atoms with Crippen molar-refractivity contribution in [2.45, 2.75) is 63.7 Å². The minimum atomic E-state index is -2.44. The van der Waals surface area contributed by atoms with Crippen LogP contribution in [0.2, 0.25) is 0 Å². The molecule has 120 valence electrons. The first-order valence-electron chi connectivity index (χ1n) is 8.43. The number of alkyl halides is 2. The van der Waals surface area contributed by atoms with Crippen LogP contribution in [-0.4, -0.2) is 29.0 Å². The first-order chi connectivity index (χ1) is 10.4. The molecule has 3 nitrogen and oxygen atoms in total. The number of aromatic nitrogens is 2. The summed E-state index contributed by atoms with van der Waals surface area (Å²) in [6.07, 6.45) is 5.04. The molecule has 0 unspecified atom stereocenters. The Morgan fingerprint density at radius 2 is 1.82 bits per heavy atom. The molecule has 1 aromatic rings. The molecule has 22 heavy (non-hydrogen) atoms. The molecule has 1 spiro atoms. The average Bonchev–Trinajstić information content (AvgIpc) is 3.26. The predicted octanol–water partition coefficient (Wildman–Crippen LogP) is 4.07. The number of anilines is 1. The fraction of sp³-hybridized carbons (Fsp3) is 0.765. The van der Waals surface area contributed by atoms with Gasteiger partial charge in [0.25, 0.3) is 0 Å².